The molecule has 7 heteroatoms. The molecule has 0 saturated carbocycles. The van der Waals surface area contributed by atoms with E-state index in [-0.39, 0.29) is 11.5 Å². The Morgan fingerprint density at radius 1 is 0.923 bits per heavy atom. The van der Waals surface area contributed by atoms with E-state index in [1.807, 2.05) is 11.0 Å². The third-order valence-corrected chi connectivity index (χ3v) is 4.42. The average molecular weight is 359 g/mol. The third kappa shape index (κ3) is 2.75. The molecule has 3 rings (SSSR count). The first-order valence-electron chi connectivity index (χ1n) is 8.06. The highest BCUT2D eigenvalue weighted by Crippen LogP contribution is 2.49. The Hall–Kier alpha value is -3.09. The molecule has 0 fully saturated rings. The summed E-state index contributed by atoms with van der Waals surface area (Å²) < 4.78 is 21.4. The average Bonchev–Trinajstić information content (AvgIpc) is 2.66. The van der Waals surface area contributed by atoms with E-state index >= 15 is 0 Å². The highest BCUT2D eigenvalue weighted by molar-refractivity contribution is 6.08. The molecule has 0 spiro atoms. The second kappa shape index (κ2) is 7.03. The fourth-order valence-corrected chi connectivity index (χ4v) is 3.20. The Kier molecular flexibility index (Phi) is 4.79. The summed E-state index contributed by atoms with van der Waals surface area (Å²) in [5.74, 6) is 1.55. The SMILES string of the molecule is COc1ccc(N2CCC(=O)c3c2cc(OC)c(OC)c3OC)cc1O. The van der Waals surface area contributed by atoms with E-state index in [0.29, 0.717) is 47.2 Å². The van der Waals surface area contributed by atoms with Crippen LogP contribution in [0.5, 0.6) is 28.7 Å². The zero-order chi connectivity index (χ0) is 18.8. The van der Waals surface area contributed by atoms with Gasteiger partial charge in [-0.05, 0) is 12.1 Å². The van der Waals surface area contributed by atoms with Crippen LogP contribution < -0.4 is 23.8 Å². The lowest BCUT2D eigenvalue weighted by Gasteiger charge is -2.32. The normalized spacial score (nSPS) is 13.2. The van der Waals surface area contributed by atoms with E-state index in [2.05, 4.69) is 0 Å². The Labute approximate surface area is 151 Å². The number of methoxy groups -OCH3 is 4. The molecule has 0 saturated heterocycles. The molecule has 0 aromatic heterocycles. The van der Waals surface area contributed by atoms with Crippen molar-refractivity contribution in [2.75, 3.05) is 39.9 Å². The molecule has 0 unspecified atom stereocenters. The van der Waals surface area contributed by atoms with Gasteiger partial charge in [-0.2, -0.15) is 0 Å². The smallest absolute Gasteiger partial charge is 0.204 e. The highest BCUT2D eigenvalue weighted by Gasteiger charge is 2.32. The quantitative estimate of drug-likeness (QED) is 0.879. The molecule has 1 heterocycles. The van der Waals surface area contributed by atoms with Crippen molar-refractivity contribution in [3.05, 3.63) is 29.8 Å². The summed E-state index contributed by atoms with van der Waals surface area (Å²) in [6.07, 6.45) is 0.311. The lowest BCUT2D eigenvalue weighted by atomic mass is 9.97. The number of rotatable bonds is 5. The molecule has 0 atom stereocenters. The first-order valence-corrected chi connectivity index (χ1v) is 8.06. The summed E-state index contributed by atoms with van der Waals surface area (Å²) in [5.41, 5.74) is 1.80. The highest BCUT2D eigenvalue weighted by atomic mass is 16.5. The maximum absolute atomic E-state index is 12.6. The van der Waals surface area contributed by atoms with Crippen LogP contribution in [0, 0.1) is 0 Å². The van der Waals surface area contributed by atoms with Crippen LogP contribution in [-0.2, 0) is 0 Å². The summed E-state index contributed by atoms with van der Waals surface area (Å²) in [5, 5.41) is 10.1. The van der Waals surface area contributed by atoms with Crippen molar-refractivity contribution < 1.29 is 28.8 Å². The molecular weight excluding hydrogens is 338 g/mol. The summed E-state index contributed by atoms with van der Waals surface area (Å²) >= 11 is 0. The number of hydrogen-bond acceptors (Lipinski definition) is 7. The number of ketones is 1. The molecule has 7 nitrogen and oxygen atoms in total. The fraction of sp³-hybridized carbons (Fsp3) is 0.316. The summed E-state index contributed by atoms with van der Waals surface area (Å²) in [6.45, 7) is 0.468. The molecule has 0 aliphatic carbocycles. The zero-order valence-corrected chi connectivity index (χ0v) is 15.2. The van der Waals surface area contributed by atoms with Gasteiger partial charge in [0.05, 0.1) is 39.7 Å². The number of fused-ring (bicyclic) bond motifs is 1. The number of Topliss-reactive ketones (excluding diaryl/α,β-unsaturated/α-hetero) is 1. The first kappa shape index (κ1) is 17.7. The van der Waals surface area contributed by atoms with E-state index in [4.69, 9.17) is 18.9 Å². The monoisotopic (exact) mass is 359 g/mol. The van der Waals surface area contributed by atoms with Gasteiger partial charge in [-0.1, -0.05) is 0 Å². The molecule has 1 aliphatic rings. The van der Waals surface area contributed by atoms with Crippen LogP contribution in [0.3, 0.4) is 0 Å². The van der Waals surface area contributed by atoms with Crippen LogP contribution in [-0.4, -0.2) is 45.9 Å². The maximum atomic E-state index is 12.6. The van der Waals surface area contributed by atoms with Crippen LogP contribution in [0.15, 0.2) is 24.3 Å². The van der Waals surface area contributed by atoms with Gasteiger partial charge >= 0.3 is 0 Å². The molecule has 1 N–H and O–H groups in total. The molecule has 26 heavy (non-hydrogen) atoms. The Morgan fingerprint density at radius 3 is 2.19 bits per heavy atom. The number of carbonyl (C=O) groups excluding carboxylic acids is 1. The van der Waals surface area contributed by atoms with Gasteiger partial charge in [-0.3, -0.25) is 4.79 Å². The van der Waals surface area contributed by atoms with Gasteiger partial charge in [-0.25, -0.2) is 0 Å². The van der Waals surface area contributed by atoms with Gasteiger partial charge < -0.3 is 29.0 Å². The molecule has 2 aromatic rings. The van der Waals surface area contributed by atoms with Crippen molar-refractivity contribution in [2.24, 2.45) is 0 Å². The molecule has 2 aromatic carbocycles. The first-order chi connectivity index (χ1) is 12.5. The van der Waals surface area contributed by atoms with E-state index in [0.717, 1.165) is 5.69 Å². The van der Waals surface area contributed by atoms with Crippen molar-refractivity contribution in [3.8, 4) is 28.7 Å². The number of anilines is 2. The largest absolute Gasteiger partial charge is 0.504 e. The van der Waals surface area contributed by atoms with Crippen molar-refractivity contribution in [2.45, 2.75) is 6.42 Å². The lowest BCUT2D eigenvalue weighted by Crippen LogP contribution is -2.28. The minimum atomic E-state index is -0.0354. The summed E-state index contributed by atoms with van der Waals surface area (Å²) in [4.78, 5) is 14.5. The number of aromatic hydroxyl groups is 1. The van der Waals surface area contributed by atoms with Crippen LogP contribution in [0.1, 0.15) is 16.8 Å². The standard InChI is InChI=1S/C19H21NO6/c1-23-15-6-5-11(9-14(15)22)20-8-7-13(21)17-12(20)10-16(24-2)18(25-3)19(17)26-4/h5-6,9-10,22H,7-8H2,1-4H3. The number of benzene rings is 2. The van der Waals surface area contributed by atoms with Crippen molar-refractivity contribution in [1.29, 1.82) is 0 Å². The maximum Gasteiger partial charge on any atom is 0.204 e. The molecule has 0 amide bonds. The molecule has 0 bridgehead atoms. The van der Waals surface area contributed by atoms with Crippen molar-refractivity contribution in [1.82, 2.24) is 0 Å². The predicted molar refractivity (Wildman–Crippen MR) is 96.7 cm³/mol. The van der Waals surface area contributed by atoms with Gasteiger partial charge in [0.1, 0.15) is 0 Å². The van der Waals surface area contributed by atoms with Gasteiger partial charge in [0.25, 0.3) is 0 Å². The van der Waals surface area contributed by atoms with Crippen molar-refractivity contribution in [3.63, 3.8) is 0 Å². The van der Waals surface area contributed by atoms with Gasteiger partial charge in [0.15, 0.2) is 28.8 Å². The van der Waals surface area contributed by atoms with E-state index in [1.165, 1.54) is 28.4 Å². The second-order valence-electron chi connectivity index (χ2n) is 5.72. The fourth-order valence-electron chi connectivity index (χ4n) is 3.20. The molecular formula is C19H21NO6. The predicted octanol–water partition coefficient (Wildman–Crippen LogP) is 3.15. The third-order valence-electron chi connectivity index (χ3n) is 4.42. The topological polar surface area (TPSA) is 77.5 Å². The number of phenols is 1. The second-order valence-corrected chi connectivity index (χ2v) is 5.72. The number of nitrogens with zero attached hydrogens (tertiary/aromatic N) is 1. The summed E-state index contributed by atoms with van der Waals surface area (Å²) in [6, 6.07) is 6.84. The van der Waals surface area contributed by atoms with E-state index in [9.17, 15) is 9.90 Å². The number of hydrogen-bond donors (Lipinski definition) is 1. The van der Waals surface area contributed by atoms with Crippen molar-refractivity contribution >= 4 is 17.2 Å². The number of ether oxygens (including phenoxy) is 4. The van der Waals surface area contributed by atoms with E-state index in [1.54, 1.807) is 18.2 Å². The molecule has 1 aliphatic heterocycles. The van der Waals surface area contributed by atoms with Gasteiger partial charge in [0.2, 0.25) is 5.75 Å². The van der Waals surface area contributed by atoms with Crippen LogP contribution in [0.25, 0.3) is 0 Å². The Morgan fingerprint density at radius 2 is 1.62 bits per heavy atom. The molecule has 138 valence electrons. The number of carbonyl (C=O) groups is 1. The summed E-state index contributed by atoms with van der Waals surface area (Å²) in [7, 11) is 6.01. The van der Waals surface area contributed by atoms with Crippen LogP contribution >= 0.6 is 0 Å². The van der Waals surface area contributed by atoms with Crippen LogP contribution in [0.4, 0.5) is 11.4 Å². The zero-order valence-electron chi connectivity index (χ0n) is 15.2. The Bertz CT molecular complexity index is 848. The minimum absolute atomic E-state index is 0.0240. The van der Waals surface area contributed by atoms with Gasteiger partial charge in [0, 0.05) is 30.8 Å². The minimum Gasteiger partial charge on any atom is -0.504 e. The molecule has 0 radical (unpaired) electrons. The van der Waals surface area contributed by atoms with Gasteiger partial charge in [-0.15, -0.1) is 0 Å². The van der Waals surface area contributed by atoms with E-state index < -0.39 is 0 Å². The number of phenolic OH excluding ortho intramolecular Hbond substituents is 1. The Balaban J connectivity index is 2.21. The van der Waals surface area contributed by atoms with Crippen LogP contribution in [0.2, 0.25) is 0 Å². The lowest BCUT2D eigenvalue weighted by molar-refractivity contribution is 0.0977.